The predicted molar refractivity (Wildman–Crippen MR) is 85.8 cm³/mol. The number of para-hydroxylation sites is 1. The van der Waals surface area contributed by atoms with Crippen LogP contribution in [0.2, 0.25) is 0 Å². The van der Waals surface area contributed by atoms with Crippen LogP contribution in [0, 0.1) is 5.41 Å². The Morgan fingerprint density at radius 1 is 1.43 bits per heavy atom. The zero-order valence-electron chi connectivity index (χ0n) is 11.7. The number of hydrogen-bond donors (Lipinski definition) is 2. The molecule has 2 N–H and O–H groups in total. The van der Waals surface area contributed by atoms with Crippen LogP contribution in [0.25, 0.3) is 15.8 Å². The number of aliphatic hydroxyl groups is 1. The first-order chi connectivity index (χ1) is 10.1. The molecule has 1 aliphatic rings. The fourth-order valence-corrected chi connectivity index (χ4v) is 3.07. The molecular formula is C14H15N5OS. The second kappa shape index (κ2) is 5.17. The van der Waals surface area contributed by atoms with Crippen molar-refractivity contribution < 1.29 is 5.11 Å². The molecule has 0 bridgehead atoms. The number of hydrogen-bond acceptors (Lipinski definition) is 5. The molecule has 2 aromatic rings. The molecule has 0 radical (unpaired) electrons. The first kappa shape index (κ1) is 13.6. The zero-order chi connectivity index (χ0) is 15.0. The van der Waals surface area contributed by atoms with Crippen LogP contribution in [0.3, 0.4) is 0 Å². The van der Waals surface area contributed by atoms with Gasteiger partial charge in [-0.15, -0.1) is 11.3 Å². The molecule has 3 rings (SSSR count). The highest BCUT2D eigenvalue weighted by Crippen LogP contribution is 2.32. The van der Waals surface area contributed by atoms with Gasteiger partial charge in [-0.05, 0) is 12.1 Å². The summed E-state index contributed by atoms with van der Waals surface area (Å²) >= 11 is 1.47. The number of fused-ring (bicyclic) bond motifs is 1. The van der Waals surface area contributed by atoms with Gasteiger partial charge < -0.3 is 10.0 Å². The van der Waals surface area contributed by atoms with E-state index in [1.54, 1.807) is 11.2 Å². The number of thiazole rings is 1. The Bertz CT molecular complexity index is 729. The summed E-state index contributed by atoms with van der Waals surface area (Å²) in [6.45, 7) is 0.203. The molecule has 0 amide bonds. The van der Waals surface area contributed by atoms with Crippen LogP contribution >= 0.6 is 11.3 Å². The maximum atomic E-state index is 10.1. The van der Waals surface area contributed by atoms with Gasteiger partial charge in [0.2, 0.25) is 0 Å². The Morgan fingerprint density at radius 2 is 2.19 bits per heavy atom. The number of aliphatic hydroxyl groups excluding tert-OH is 1. The monoisotopic (exact) mass is 301 g/mol. The van der Waals surface area contributed by atoms with Gasteiger partial charge in [-0.2, -0.15) is 5.10 Å². The van der Waals surface area contributed by atoms with Gasteiger partial charge in [0.25, 0.3) is 0 Å². The molecule has 0 saturated carbocycles. The van der Waals surface area contributed by atoms with Crippen molar-refractivity contribution in [3.63, 3.8) is 0 Å². The van der Waals surface area contributed by atoms with Gasteiger partial charge in [0, 0.05) is 14.1 Å². The van der Waals surface area contributed by atoms with E-state index in [4.69, 9.17) is 5.41 Å². The van der Waals surface area contributed by atoms with Crippen LogP contribution in [-0.4, -0.2) is 52.8 Å². The van der Waals surface area contributed by atoms with Crippen LogP contribution in [0.15, 0.2) is 35.1 Å². The number of nitrogens with zero attached hydrogens (tertiary/aromatic N) is 4. The van der Waals surface area contributed by atoms with Crippen molar-refractivity contribution in [3.8, 4) is 0 Å². The van der Waals surface area contributed by atoms with Gasteiger partial charge >= 0.3 is 0 Å². The molecule has 0 saturated heterocycles. The zero-order valence-corrected chi connectivity index (χ0v) is 12.6. The van der Waals surface area contributed by atoms with Gasteiger partial charge in [-0.1, -0.05) is 12.1 Å². The van der Waals surface area contributed by atoms with E-state index in [9.17, 15) is 5.11 Å². The minimum Gasteiger partial charge on any atom is -0.509 e. The largest absolute Gasteiger partial charge is 0.509 e. The third kappa shape index (κ3) is 2.47. The summed E-state index contributed by atoms with van der Waals surface area (Å²) in [5.74, 6) is 0.305. The molecular weight excluding hydrogens is 286 g/mol. The van der Waals surface area contributed by atoms with E-state index in [1.807, 2.05) is 38.4 Å². The summed E-state index contributed by atoms with van der Waals surface area (Å²) in [5.41, 5.74) is 1.34. The fourth-order valence-electron chi connectivity index (χ4n) is 2.03. The summed E-state index contributed by atoms with van der Waals surface area (Å²) in [7, 11) is 3.70. The van der Waals surface area contributed by atoms with Crippen LogP contribution in [0.5, 0.6) is 0 Å². The highest BCUT2D eigenvalue weighted by molar-refractivity contribution is 7.19. The Hall–Kier alpha value is -2.41. The second-order valence-corrected chi connectivity index (χ2v) is 5.94. The Labute approximate surface area is 126 Å². The van der Waals surface area contributed by atoms with E-state index < -0.39 is 0 Å². The number of hydrazone groups is 1. The van der Waals surface area contributed by atoms with Crippen molar-refractivity contribution in [2.45, 2.75) is 0 Å². The Kier molecular flexibility index (Phi) is 3.34. The molecule has 21 heavy (non-hydrogen) atoms. The average Bonchev–Trinajstić information content (AvgIpc) is 2.97. The second-order valence-electron chi connectivity index (χ2n) is 4.91. The molecule has 0 atom stereocenters. The molecule has 0 fully saturated rings. The molecule has 6 nitrogen and oxygen atoms in total. The van der Waals surface area contributed by atoms with Gasteiger partial charge in [0.1, 0.15) is 23.7 Å². The molecule has 0 spiro atoms. The smallest absolute Gasteiger partial charge is 0.155 e. The summed E-state index contributed by atoms with van der Waals surface area (Å²) in [6, 6.07) is 7.78. The summed E-state index contributed by atoms with van der Waals surface area (Å²) in [5, 5.41) is 24.6. The van der Waals surface area contributed by atoms with Crippen molar-refractivity contribution in [1.82, 2.24) is 14.9 Å². The van der Waals surface area contributed by atoms with Crippen LogP contribution in [0.1, 0.15) is 5.01 Å². The third-order valence-corrected chi connectivity index (χ3v) is 4.07. The highest BCUT2D eigenvalue weighted by atomic mass is 32.1. The lowest BCUT2D eigenvalue weighted by atomic mass is 10.2. The summed E-state index contributed by atoms with van der Waals surface area (Å²) < 4.78 is 1.04. The number of benzene rings is 1. The predicted octanol–water partition coefficient (Wildman–Crippen LogP) is 2.36. The van der Waals surface area contributed by atoms with Crippen molar-refractivity contribution in [2.24, 2.45) is 5.10 Å². The minimum atomic E-state index is 0.134. The van der Waals surface area contributed by atoms with Crippen molar-refractivity contribution in [1.29, 1.82) is 5.41 Å². The number of nitrogens with one attached hydrogen (secondary N) is 1. The molecule has 0 aliphatic carbocycles. The molecule has 108 valence electrons. The first-order valence-corrected chi connectivity index (χ1v) is 7.23. The molecule has 2 heterocycles. The standard InChI is InChI=1S/C14H15N5OS/c1-18(2)8-16-19-7-10(20)12(13(19)15)14-17-9-5-3-4-6-11(9)21-14/h3-6,8,15,20H,7H2,1-2H3/b15-13?,16-8+. The Balaban J connectivity index is 1.94. The van der Waals surface area contributed by atoms with Gasteiger partial charge in [0.05, 0.1) is 15.8 Å². The summed E-state index contributed by atoms with van der Waals surface area (Å²) in [6.07, 6.45) is 1.60. The molecule has 0 unspecified atom stereocenters. The lowest BCUT2D eigenvalue weighted by molar-refractivity contribution is 0.356. The fraction of sp³-hybridized carbons (Fsp3) is 0.214. The Morgan fingerprint density at radius 3 is 2.90 bits per heavy atom. The van der Waals surface area contributed by atoms with E-state index in [0.29, 0.717) is 10.6 Å². The van der Waals surface area contributed by atoms with Gasteiger partial charge in [-0.25, -0.2) is 9.99 Å². The maximum absolute atomic E-state index is 10.1. The van der Waals surface area contributed by atoms with E-state index >= 15 is 0 Å². The van der Waals surface area contributed by atoms with Crippen LogP contribution in [0.4, 0.5) is 0 Å². The van der Waals surface area contributed by atoms with Crippen molar-refractivity contribution in [2.75, 3.05) is 20.6 Å². The molecule has 1 aliphatic heterocycles. The van der Waals surface area contributed by atoms with Crippen LogP contribution < -0.4 is 0 Å². The number of amidine groups is 1. The highest BCUT2D eigenvalue weighted by Gasteiger charge is 2.30. The molecule has 7 heteroatoms. The SMILES string of the molecule is CN(C)/C=N/N1CC(O)=C(c2nc3ccccc3s2)C1=N. The van der Waals surface area contributed by atoms with Gasteiger partial charge in [-0.3, -0.25) is 5.41 Å². The number of rotatable bonds is 3. The molecule has 1 aromatic heterocycles. The first-order valence-electron chi connectivity index (χ1n) is 6.41. The van der Waals surface area contributed by atoms with E-state index in [1.165, 1.54) is 16.3 Å². The van der Waals surface area contributed by atoms with Gasteiger partial charge in [0.15, 0.2) is 5.84 Å². The minimum absolute atomic E-state index is 0.134. The third-order valence-electron chi connectivity index (χ3n) is 3.01. The van der Waals surface area contributed by atoms with E-state index in [-0.39, 0.29) is 18.1 Å². The normalized spacial score (nSPS) is 15.7. The van der Waals surface area contributed by atoms with E-state index in [0.717, 1.165) is 10.2 Å². The van der Waals surface area contributed by atoms with E-state index in [2.05, 4.69) is 10.1 Å². The number of aromatic nitrogens is 1. The lowest BCUT2D eigenvalue weighted by Crippen LogP contribution is -2.22. The van der Waals surface area contributed by atoms with Crippen LogP contribution in [-0.2, 0) is 0 Å². The quantitative estimate of drug-likeness (QED) is 0.674. The average molecular weight is 301 g/mol. The maximum Gasteiger partial charge on any atom is 0.155 e. The lowest BCUT2D eigenvalue weighted by Gasteiger charge is -2.12. The van der Waals surface area contributed by atoms with Crippen molar-refractivity contribution >= 4 is 39.3 Å². The topological polar surface area (TPSA) is 75.8 Å². The molecule has 1 aromatic carbocycles. The summed E-state index contributed by atoms with van der Waals surface area (Å²) in [4.78, 5) is 6.27. The van der Waals surface area contributed by atoms with Crippen molar-refractivity contribution in [3.05, 3.63) is 35.0 Å².